The zero-order valence-electron chi connectivity index (χ0n) is 18.7. The lowest BCUT2D eigenvalue weighted by Crippen LogP contribution is -2.66. The number of rotatable bonds is 6. The van der Waals surface area contributed by atoms with Gasteiger partial charge in [0.2, 0.25) is 5.91 Å². The van der Waals surface area contributed by atoms with Crippen molar-refractivity contribution >= 4 is 23.4 Å². The molecule has 4 heterocycles. The van der Waals surface area contributed by atoms with Crippen molar-refractivity contribution in [3.05, 3.63) is 48.9 Å². The lowest BCUT2D eigenvalue weighted by atomic mass is 9.60. The zero-order chi connectivity index (χ0) is 24.6. The van der Waals surface area contributed by atoms with Gasteiger partial charge in [-0.25, -0.2) is 15.0 Å². The van der Waals surface area contributed by atoms with E-state index in [0.29, 0.717) is 23.0 Å². The molecule has 0 aromatic carbocycles. The number of alkyl halides is 3. The number of nitrogens with one attached hydrogen (secondary N) is 2. The van der Waals surface area contributed by atoms with Crippen LogP contribution in [-0.2, 0) is 4.79 Å². The second-order valence-corrected chi connectivity index (χ2v) is 8.89. The van der Waals surface area contributed by atoms with Crippen LogP contribution in [-0.4, -0.2) is 51.3 Å². The number of hydrogen-bond donors (Lipinski definition) is 2. The lowest BCUT2D eigenvalue weighted by molar-refractivity contribution is -0.274. The molecule has 3 aromatic rings. The summed E-state index contributed by atoms with van der Waals surface area (Å²) < 4.78 is 41.8. The summed E-state index contributed by atoms with van der Waals surface area (Å²) in [5.74, 6) is 1.21. The first-order valence-electron chi connectivity index (χ1n) is 11.0. The maximum atomic E-state index is 12.6. The number of carbonyl (C=O) groups is 1. The van der Waals surface area contributed by atoms with Crippen LogP contribution in [0.5, 0.6) is 5.75 Å². The van der Waals surface area contributed by atoms with Crippen LogP contribution < -0.4 is 20.3 Å². The van der Waals surface area contributed by atoms with Gasteiger partial charge in [0.1, 0.15) is 23.2 Å². The van der Waals surface area contributed by atoms with Crippen molar-refractivity contribution < 1.29 is 22.7 Å². The molecule has 1 amide bonds. The molecule has 0 atom stereocenters. The van der Waals surface area contributed by atoms with Crippen LogP contribution in [0.4, 0.5) is 30.6 Å². The summed E-state index contributed by atoms with van der Waals surface area (Å²) >= 11 is 0. The molecule has 0 unspecified atom stereocenters. The van der Waals surface area contributed by atoms with E-state index < -0.39 is 6.36 Å². The molecular formula is C23H22F3N7O2. The summed E-state index contributed by atoms with van der Waals surface area (Å²) in [6, 6.07) is 7.81. The Hall–Kier alpha value is -3.96. The summed E-state index contributed by atoms with van der Waals surface area (Å²) in [5, 5.41) is 5.91. The number of carbonyl (C=O) groups excluding carboxylic acids is 1. The second-order valence-electron chi connectivity index (χ2n) is 8.89. The summed E-state index contributed by atoms with van der Waals surface area (Å²) in [4.78, 5) is 30.8. The standard InChI is InChI=1S/C23H22F3N7O2/c1-14(34)29-16-9-22(10-16)12-33(13-22)20-8-19(31-21(32-20)15-3-2-5-27-11-15)30-18-7-17(4-6-28-18)35-23(24,25)26/h2-8,11,16H,9-10,12-13H2,1H3,(H,29,34)(H,28,30,31,32). The van der Waals surface area contributed by atoms with Crippen LogP contribution in [0.3, 0.4) is 0 Å². The molecule has 1 spiro atoms. The number of anilines is 3. The van der Waals surface area contributed by atoms with Crippen molar-refractivity contribution in [1.29, 1.82) is 0 Å². The number of pyridine rings is 2. The van der Waals surface area contributed by atoms with E-state index in [1.165, 1.54) is 13.1 Å². The zero-order valence-corrected chi connectivity index (χ0v) is 18.7. The van der Waals surface area contributed by atoms with Crippen LogP contribution in [0.1, 0.15) is 19.8 Å². The Bertz CT molecular complexity index is 1230. The van der Waals surface area contributed by atoms with Crippen LogP contribution in [0.25, 0.3) is 11.4 Å². The molecular weight excluding hydrogens is 463 g/mol. The molecule has 2 N–H and O–H groups in total. The highest BCUT2D eigenvalue weighted by Crippen LogP contribution is 2.49. The molecule has 1 saturated heterocycles. The fourth-order valence-electron chi connectivity index (χ4n) is 4.65. The number of ether oxygens (including phenoxy) is 1. The van der Waals surface area contributed by atoms with E-state index in [1.54, 1.807) is 24.5 Å². The Labute approximate surface area is 198 Å². The van der Waals surface area contributed by atoms with E-state index in [1.807, 2.05) is 6.07 Å². The molecule has 5 rings (SSSR count). The molecule has 182 valence electrons. The molecule has 35 heavy (non-hydrogen) atoms. The monoisotopic (exact) mass is 485 g/mol. The molecule has 3 aromatic heterocycles. The third kappa shape index (κ3) is 5.26. The van der Waals surface area contributed by atoms with Crippen molar-refractivity contribution in [2.45, 2.75) is 32.2 Å². The van der Waals surface area contributed by atoms with E-state index in [9.17, 15) is 18.0 Å². The Morgan fingerprint density at radius 3 is 2.63 bits per heavy atom. The van der Waals surface area contributed by atoms with E-state index in [4.69, 9.17) is 4.98 Å². The summed E-state index contributed by atoms with van der Waals surface area (Å²) in [6.07, 6.45) is 1.54. The predicted octanol–water partition coefficient (Wildman–Crippen LogP) is 3.68. The Balaban J connectivity index is 1.37. The quantitative estimate of drug-likeness (QED) is 0.545. The number of amides is 1. The van der Waals surface area contributed by atoms with Gasteiger partial charge in [-0.1, -0.05) is 0 Å². The van der Waals surface area contributed by atoms with Gasteiger partial charge in [0.25, 0.3) is 0 Å². The van der Waals surface area contributed by atoms with Gasteiger partial charge in [-0.15, -0.1) is 13.2 Å². The molecule has 0 bridgehead atoms. The second kappa shape index (κ2) is 8.67. The lowest BCUT2D eigenvalue weighted by Gasteiger charge is -2.59. The fraction of sp³-hybridized carbons (Fsp3) is 0.348. The highest BCUT2D eigenvalue weighted by molar-refractivity contribution is 5.73. The van der Waals surface area contributed by atoms with Crippen LogP contribution in [0.2, 0.25) is 0 Å². The van der Waals surface area contributed by atoms with Crippen molar-refractivity contribution in [2.75, 3.05) is 23.3 Å². The maximum Gasteiger partial charge on any atom is 0.573 e. The van der Waals surface area contributed by atoms with Crippen molar-refractivity contribution in [2.24, 2.45) is 5.41 Å². The number of aromatic nitrogens is 4. The first-order chi connectivity index (χ1) is 16.7. The molecule has 1 aliphatic heterocycles. The maximum absolute atomic E-state index is 12.6. The normalized spacial score (nSPS) is 16.9. The fourth-order valence-corrected chi connectivity index (χ4v) is 4.65. The van der Waals surface area contributed by atoms with Gasteiger partial charge in [0.05, 0.1) is 0 Å². The van der Waals surface area contributed by atoms with Crippen molar-refractivity contribution in [1.82, 2.24) is 25.3 Å². The minimum absolute atomic E-state index is 0.0213. The summed E-state index contributed by atoms with van der Waals surface area (Å²) in [7, 11) is 0. The van der Waals surface area contributed by atoms with Gasteiger partial charge in [0, 0.05) is 67.8 Å². The Morgan fingerprint density at radius 2 is 1.94 bits per heavy atom. The molecule has 9 nitrogen and oxygen atoms in total. The molecule has 2 aliphatic rings. The first kappa shape index (κ1) is 22.8. The average Bonchev–Trinajstić information content (AvgIpc) is 2.73. The molecule has 1 aliphatic carbocycles. The number of halogens is 3. The SMILES string of the molecule is CC(=O)NC1CC2(C1)CN(c1cc(Nc3cc(OC(F)(F)F)ccn3)nc(-c3cccnc3)n1)C2. The van der Waals surface area contributed by atoms with Crippen LogP contribution in [0.15, 0.2) is 48.9 Å². The summed E-state index contributed by atoms with van der Waals surface area (Å²) in [5.41, 5.74) is 0.856. The van der Waals surface area contributed by atoms with Gasteiger partial charge >= 0.3 is 6.36 Å². The van der Waals surface area contributed by atoms with Crippen molar-refractivity contribution in [3.8, 4) is 17.1 Å². The van der Waals surface area contributed by atoms with Crippen molar-refractivity contribution in [3.63, 3.8) is 0 Å². The largest absolute Gasteiger partial charge is 0.573 e. The average molecular weight is 485 g/mol. The van der Waals surface area contributed by atoms with E-state index in [2.05, 4.69) is 35.2 Å². The molecule has 2 fully saturated rings. The Morgan fingerprint density at radius 1 is 1.14 bits per heavy atom. The minimum atomic E-state index is -4.80. The highest BCUT2D eigenvalue weighted by atomic mass is 19.4. The number of nitrogens with zero attached hydrogens (tertiary/aromatic N) is 5. The van der Waals surface area contributed by atoms with Crippen LogP contribution >= 0.6 is 0 Å². The number of hydrogen-bond acceptors (Lipinski definition) is 8. The van der Waals surface area contributed by atoms with E-state index >= 15 is 0 Å². The van der Waals surface area contributed by atoms with E-state index in [-0.39, 0.29) is 28.9 Å². The van der Waals surface area contributed by atoms with Gasteiger partial charge in [0.15, 0.2) is 5.82 Å². The smallest absolute Gasteiger partial charge is 0.406 e. The highest BCUT2D eigenvalue weighted by Gasteiger charge is 2.53. The van der Waals surface area contributed by atoms with Gasteiger partial charge in [-0.05, 0) is 31.0 Å². The molecule has 0 radical (unpaired) electrons. The first-order valence-corrected chi connectivity index (χ1v) is 11.0. The van der Waals surface area contributed by atoms with Gasteiger partial charge in [-0.3, -0.25) is 9.78 Å². The predicted molar refractivity (Wildman–Crippen MR) is 121 cm³/mol. The topological polar surface area (TPSA) is 105 Å². The minimum Gasteiger partial charge on any atom is -0.406 e. The van der Waals surface area contributed by atoms with Gasteiger partial charge < -0.3 is 20.3 Å². The summed E-state index contributed by atoms with van der Waals surface area (Å²) in [6.45, 7) is 3.10. The Kier molecular flexibility index (Phi) is 5.65. The molecule has 1 saturated carbocycles. The van der Waals surface area contributed by atoms with E-state index in [0.717, 1.165) is 38.1 Å². The third-order valence-electron chi connectivity index (χ3n) is 6.00. The molecule has 12 heteroatoms. The van der Waals surface area contributed by atoms with Crippen LogP contribution in [0, 0.1) is 5.41 Å². The third-order valence-corrected chi connectivity index (χ3v) is 6.00. The van der Waals surface area contributed by atoms with Gasteiger partial charge in [-0.2, -0.15) is 0 Å².